The van der Waals surface area contributed by atoms with Gasteiger partial charge >= 0.3 is 0 Å². The largest absolute Gasteiger partial charge is 0.373 e. The number of hydrogen-bond acceptors (Lipinski definition) is 2. The van der Waals surface area contributed by atoms with Gasteiger partial charge in [0.05, 0.1) is 12.2 Å². The third-order valence-corrected chi connectivity index (χ3v) is 4.57. The molecule has 0 aromatic carbocycles. The average Bonchev–Trinajstić information content (AvgIpc) is 3.03. The normalized spacial score (nSPS) is 27.9. The van der Waals surface area contributed by atoms with E-state index in [0.29, 0.717) is 18.2 Å². The minimum absolute atomic E-state index is 0.410. The van der Waals surface area contributed by atoms with Crippen LogP contribution in [0, 0.1) is 5.92 Å². The van der Waals surface area contributed by atoms with Crippen LogP contribution < -0.4 is 5.32 Å². The highest BCUT2D eigenvalue weighted by atomic mass is 16.5. The van der Waals surface area contributed by atoms with Gasteiger partial charge in [-0.2, -0.15) is 0 Å². The minimum atomic E-state index is 0.410. The SMILES string of the molecule is CCCNC(c1ccn(CC2CCC(C)O2)c1)C1CC1. The molecule has 3 heteroatoms. The van der Waals surface area contributed by atoms with E-state index >= 15 is 0 Å². The van der Waals surface area contributed by atoms with Crippen LogP contribution >= 0.6 is 0 Å². The molecule has 1 aromatic heterocycles. The Kier molecular flexibility index (Phi) is 4.47. The molecule has 1 aliphatic heterocycles. The summed E-state index contributed by atoms with van der Waals surface area (Å²) in [7, 11) is 0. The summed E-state index contributed by atoms with van der Waals surface area (Å²) in [4.78, 5) is 0. The van der Waals surface area contributed by atoms with Crippen LogP contribution in [0.3, 0.4) is 0 Å². The molecule has 1 saturated heterocycles. The number of nitrogens with one attached hydrogen (secondary N) is 1. The van der Waals surface area contributed by atoms with Gasteiger partial charge in [0, 0.05) is 25.0 Å². The van der Waals surface area contributed by atoms with E-state index in [9.17, 15) is 0 Å². The Balaban J connectivity index is 1.59. The van der Waals surface area contributed by atoms with Crippen molar-refractivity contribution >= 4 is 0 Å². The molecule has 3 nitrogen and oxygen atoms in total. The van der Waals surface area contributed by atoms with Crippen LogP contribution in [0.25, 0.3) is 0 Å². The summed E-state index contributed by atoms with van der Waals surface area (Å²) in [5.74, 6) is 0.861. The molecule has 0 radical (unpaired) electrons. The molecule has 112 valence electrons. The number of rotatable bonds is 7. The third-order valence-electron chi connectivity index (χ3n) is 4.57. The van der Waals surface area contributed by atoms with E-state index in [-0.39, 0.29) is 0 Å². The van der Waals surface area contributed by atoms with Crippen molar-refractivity contribution in [1.29, 1.82) is 0 Å². The van der Waals surface area contributed by atoms with E-state index in [0.717, 1.165) is 19.0 Å². The van der Waals surface area contributed by atoms with E-state index in [1.165, 1.54) is 37.7 Å². The maximum Gasteiger partial charge on any atom is 0.0758 e. The predicted molar refractivity (Wildman–Crippen MR) is 81.8 cm³/mol. The summed E-state index contributed by atoms with van der Waals surface area (Å²) in [6, 6.07) is 2.86. The molecule has 3 atom stereocenters. The molecule has 0 bridgehead atoms. The quantitative estimate of drug-likeness (QED) is 0.825. The van der Waals surface area contributed by atoms with Crippen molar-refractivity contribution in [2.45, 2.75) is 70.7 Å². The van der Waals surface area contributed by atoms with E-state index in [1.807, 2.05) is 0 Å². The lowest BCUT2D eigenvalue weighted by Crippen LogP contribution is -2.23. The lowest BCUT2D eigenvalue weighted by atomic mass is 10.1. The first-order valence-corrected chi connectivity index (χ1v) is 8.30. The van der Waals surface area contributed by atoms with Crippen LogP contribution in [-0.2, 0) is 11.3 Å². The van der Waals surface area contributed by atoms with Crippen LogP contribution in [0.15, 0.2) is 18.5 Å². The standard InChI is InChI=1S/C17H28N2O/c1-3-9-18-17(14-5-6-14)15-8-10-19(11-15)12-16-7-4-13(2)20-16/h8,10-11,13-14,16-18H,3-7,9,12H2,1-2H3. The van der Waals surface area contributed by atoms with Gasteiger partial charge in [0.1, 0.15) is 0 Å². The van der Waals surface area contributed by atoms with E-state index < -0.39 is 0 Å². The highest BCUT2D eigenvalue weighted by Crippen LogP contribution is 2.41. The Morgan fingerprint density at radius 3 is 2.85 bits per heavy atom. The highest BCUT2D eigenvalue weighted by molar-refractivity contribution is 5.18. The lowest BCUT2D eigenvalue weighted by Gasteiger charge is -2.17. The molecule has 3 rings (SSSR count). The Bertz CT molecular complexity index is 424. The fourth-order valence-corrected chi connectivity index (χ4v) is 3.30. The molecule has 0 spiro atoms. The molecule has 2 heterocycles. The summed E-state index contributed by atoms with van der Waals surface area (Å²) < 4.78 is 8.24. The second kappa shape index (κ2) is 6.31. The number of hydrogen-bond donors (Lipinski definition) is 1. The van der Waals surface area contributed by atoms with Crippen molar-refractivity contribution < 1.29 is 4.74 Å². The molecule has 20 heavy (non-hydrogen) atoms. The molecular formula is C17H28N2O. The monoisotopic (exact) mass is 276 g/mol. The number of ether oxygens (including phenoxy) is 1. The van der Waals surface area contributed by atoms with Gasteiger partial charge in [0.25, 0.3) is 0 Å². The second-order valence-corrected chi connectivity index (χ2v) is 6.56. The zero-order chi connectivity index (χ0) is 13.9. The fraction of sp³-hybridized carbons (Fsp3) is 0.765. The highest BCUT2D eigenvalue weighted by Gasteiger charge is 2.32. The van der Waals surface area contributed by atoms with Gasteiger partial charge in [-0.15, -0.1) is 0 Å². The maximum atomic E-state index is 5.92. The topological polar surface area (TPSA) is 26.2 Å². The van der Waals surface area contributed by atoms with Gasteiger partial charge in [-0.1, -0.05) is 6.92 Å². The molecule has 1 N–H and O–H groups in total. The molecule has 0 amide bonds. The first kappa shape index (κ1) is 14.2. The Labute approximate surface area is 122 Å². The summed E-state index contributed by atoms with van der Waals surface area (Å²) in [6.45, 7) is 6.55. The van der Waals surface area contributed by atoms with Gasteiger partial charge < -0.3 is 14.6 Å². The summed E-state index contributed by atoms with van der Waals surface area (Å²) in [6.07, 6.45) is 11.8. The van der Waals surface area contributed by atoms with Crippen molar-refractivity contribution in [3.05, 3.63) is 24.0 Å². The second-order valence-electron chi connectivity index (χ2n) is 6.56. The Morgan fingerprint density at radius 2 is 2.20 bits per heavy atom. The summed E-state index contributed by atoms with van der Waals surface area (Å²) in [5.41, 5.74) is 1.46. The zero-order valence-corrected chi connectivity index (χ0v) is 12.8. The molecular weight excluding hydrogens is 248 g/mol. The van der Waals surface area contributed by atoms with Gasteiger partial charge in [-0.25, -0.2) is 0 Å². The first-order valence-electron chi connectivity index (χ1n) is 8.30. The van der Waals surface area contributed by atoms with Crippen LogP contribution in [0.1, 0.15) is 57.6 Å². The third kappa shape index (κ3) is 3.44. The Morgan fingerprint density at radius 1 is 1.35 bits per heavy atom. The maximum absolute atomic E-state index is 5.92. The van der Waals surface area contributed by atoms with Crippen molar-refractivity contribution in [2.24, 2.45) is 5.92 Å². The van der Waals surface area contributed by atoms with Crippen LogP contribution in [0.5, 0.6) is 0 Å². The molecule has 2 aliphatic rings. The van der Waals surface area contributed by atoms with E-state index in [4.69, 9.17) is 4.74 Å². The van der Waals surface area contributed by atoms with Crippen molar-refractivity contribution in [1.82, 2.24) is 9.88 Å². The van der Waals surface area contributed by atoms with Gasteiger partial charge in [0.15, 0.2) is 0 Å². The van der Waals surface area contributed by atoms with Gasteiger partial charge in [-0.05, 0) is 63.1 Å². The number of aromatic nitrogens is 1. The average molecular weight is 276 g/mol. The first-order chi connectivity index (χ1) is 9.76. The van der Waals surface area contributed by atoms with Crippen LogP contribution in [-0.4, -0.2) is 23.3 Å². The van der Waals surface area contributed by atoms with Gasteiger partial charge in [-0.3, -0.25) is 0 Å². The smallest absolute Gasteiger partial charge is 0.0758 e. The minimum Gasteiger partial charge on any atom is -0.373 e. The van der Waals surface area contributed by atoms with Crippen molar-refractivity contribution in [3.8, 4) is 0 Å². The van der Waals surface area contributed by atoms with Crippen LogP contribution in [0.2, 0.25) is 0 Å². The summed E-state index contributed by atoms with van der Waals surface area (Å²) >= 11 is 0. The van der Waals surface area contributed by atoms with Crippen molar-refractivity contribution in [2.75, 3.05) is 6.54 Å². The lowest BCUT2D eigenvalue weighted by molar-refractivity contribution is 0.0458. The molecule has 2 fully saturated rings. The predicted octanol–water partition coefficient (Wildman–Crippen LogP) is 3.51. The molecule has 1 aliphatic carbocycles. The molecule has 1 aromatic rings. The summed E-state index contributed by atoms with van der Waals surface area (Å²) in [5, 5.41) is 3.72. The Hall–Kier alpha value is -0.800. The van der Waals surface area contributed by atoms with Crippen molar-refractivity contribution in [3.63, 3.8) is 0 Å². The fourth-order valence-electron chi connectivity index (χ4n) is 3.30. The zero-order valence-electron chi connectivity index (χ0n) is 12.8. The van der Waals surface area contributed by atoms with E-state index in [1.54, 1.807) is 0 Å². The number of nitrogens with zero attached hydrogens (tertiary/aromatic N) is 1. The van der Waals surface area contributed by atoms with Crippen LogP contribution in [0.4, 0.5) is 0 Å². The molecule has 3 unspecified atom stereocenters. The van der Waals surface area contributed by atoms with E-state index in [2.05, 4.69) is 42.2 Å². The van der Waals surface area contributed by atoms with Gasteiger partial charge in [0.2, 0.25) is 0 Å². The molecule has 1 saturated carbocycles.